The molecule has 1 N–H and O–H groups in total. The molecule has 1 fully saturated rings. The molecule has 3 heterocycles. The lowest BCUT2D eigenvalue weighted by Gasteiger charge is -2.30. The Morgan fingerprint density at radius 2 is 2.19 bits per heavy atom. The van der Waals surface area contributed by atoms with E-state index in [1.54, 1.807) is 0 Å². The Labute approximate surface area is 125 Å². The van der Waals surface area contributed by atoms with E-state index < -0.39 is 0 Å². The van der Waals surface area contributed by atoms with Crippen LogP contribution in [0.2, 0.25) is 0 Å². The molecule has 0 aliphatic carbocycles. The van der Waals surface area contributed by atoms with E-state index in [4.69, 9.17) is 0 Å². The quantitative estimate of drug-likeness (QED) is 0.930. The molecule has 1 saturated heterocycles. The molecule has 1 atom stereocenters. The Morgan fingerprint density at radius 1 is 1.33 bits per heavy atom. The summed E-state index contributed by atoms with van der Waals surface area (Å²) in [5.41, 5.74) is 2.96. The highest BCUT2D eigenvalue weighted by atomic mass is 15.3. The number of nitrogens with zero attached hydrogens (tertiary/aromatic N) is 5. The summed E-state index contributed by atoms with van der Waals surface area (Å²) in [5, 5.41) is 7.83. The summed E-state index contributed by atoms with van der Waals surface area (Å²) < 4.78 is 1.82. The second-order valence-corrected chi connectivity index (χ2v) is 5.81. The fraction of sp³-hybridized carbons (Fsp3) is 0.533. The predicted molar refractivity (Wildman–Crippen MR) is 83.1 cm³/mol. The minimum Gasteiger partial charge on any atom is -0.350 e. The number of likely N-dealkylation sites (N-methyl/N-ethyl adjacent to an activating group) is 1. The first kappa shape index (κ1) is 14.0. The van der Waals surface area contributed by atoms with Gasteiger partial charge >= 0.3 is 0 Å². The van der Waals surface area contributed by atoms with Crippen molar-refractivity contribution in [2.24, 2.45) is 7.05 Å². The molecule has 2 aromatic heterocycles. The number of hydrogen-bond donors (Lipinski definition) is 1. The summed E-state index contributed by atoms with van der Waals surface area (Å²) in [6.45, 7) is 4.22. The molecule has 3 rings (SSSR count). The number of rotatable bonds is 3. The van der Waals surface area contributed by atoms with Crippen LogP contribution in [0.15, 0.2) is 18.5 Å². The van der Waals surface area contributed by atoms with Gasteiger partial charge in [0.2, 0.25) is 5.95 Å². The van der Waals surface area contributed by atoms with Gasteiger partial charge in [-0.3, -0.25) is 4.68 Å². The SMILES string of the molecule is Cc1nn(C)cc1-c1ccnc(NC2CCCN(C)C2)n1. The van der Waals surface area contributed by atoms with E-state index >= 15 is 0 Å². The third kappa shape index (κ3) is 3.21. The van der Waals surface area contributed by atoms with Crippen LogP contribution in [-0.4, -0.2) is 50.8 Å². The third-order valence-electron chi connectivity index (χ3n) is 3.90. The Hall–Kier alpha value is -1.95. The molecule has 0 aromatic carbocycles. The maximum Gasteiger partial charge on any atom is 0.223 e. The number of anilines is 1. The highest BCUT2D eigenvalue weighted by Crippen LogP contribution is 2.21. The van der Waals surface area contributed by atoms with E-state index in [1.807, 2.05) is 37.1 Å². The summed E-state index contributed by atoms with van der Waals surface area (Å²) >= 11 is 0. The van der Waals surface area contributed by atoms with Gasteiger partial charge < -0.3 is 10.2 Å². The van der Waals surface area contributed by atoms with Crippen molar-refractivity contribution in [2.45, 2.75) is 25.8 Å². The van der Waals surface area contributed by atoms with Gasteiger partial charge in [-0.1, -0.05) is 0 Å². The molecule has 6 heteroatoms. The van der Waals surface area contributed by atoms with Gasteiger partial charge in [-0.15, -0.1) is 0 Å². The predicted octanol–water partition coefficient (Wildman–Crippen LogP) is 1.69. The summed E-state index contributed by atoms with van der Waals surface area (Å²) in [6.07, 6.45) is 6.19. The van der Waals surface area contributed by atoms with Gasteiger partial charge in [0.1, 0.15) is 0 Å². The lowest BCUT2D eigenvalue weighted by atomic mass is 10.1. The van der Waals surface area contributed by atoms with Gasteiger partial charge in [-0.05, 0) is 39.4 Å². The molecule has 112 valence electrons. The minimum absolute atomic E-state index is 0.425. The fourth-order valence-corrected chi connectivity index (χ4v) is 2.90. The maximum absolute atomic E-state index is 4.64. The Kier molecular flexibility index (Phi) is 3.88. The highest BCUT2D eigenvalue weighted by Gasteiger charge is 2.18. The van der Waals surface area contributed by atoms with Crippen LogP contribution in [0.4, 0.5) is 5.95 Å². The highest BCUT2D eigenvalue weighted by molar-refractivity contribution is 5.61. The lowest BCUT2D eigenvalue weighted by molar-refractivity contribution is 0.260. The average molecular weight is 286 g/mol. The van der Waals surface area contributed by atoms with Crippen LogP contribution in [0, 0.1) is 6.92 Å². The molecular formula is C15H22N6. The molecule has 21 heavy (non-hydrogen) atoms. The van der Waals surface area contributed by atoms with E-state index in [2.05, 4.69) is 32.3 Å². The van der Waals surface area contributed by atoms with Gasteiger partial charge in [0.05, 0.1) is 11.4 Å². The molecule has 0 radical (unpaired) electrons. The number of nitrogens with one attached hydrogen (secondary N) is 1. The molecule has 1 aliphatic rings. The fourth-order valence-electron chi connectivity index (χ4n) is 2.90. The van der Waals surface area contributed by atoms with Crippen molar-refractivity contribution >= 4 is 5.95 Å². The van der Waals surface area contributed by atoms with E-state index in [9.17, 15) is 0 Å². The Balaban J connectivity index is 1.78. The summed E-state index contributed by atoms with van der Waals surface area (Å²) in [5.74, 6) is 0.705. The third-order valence-corrected chi connectivity index (χ3v) is 3.90. The van der Waals surface area contributed by atoms with Crippen molar-refractivity contribution in [3.8, 4) is 11.3 Å². The first-order chi connectivity index (χ1) is 10.1. The topological polar surface area (TPSA) is 58.9 Å². The van der Waals surface area contributed by atoms with E-state index in [1.165, 1.54) is 19.4 Å². The van der Waals surface area contributed by atoms with Crippen molar-refractivity contribution in [3.05, 3.63) is 24.2 Å². The van der Waals surface area contributed by atoms with Gasteiger partial charge in [0.25, 0.3) is 0 Å². The van der Waals surface area contributed by atoms with Crippen LogP contribution in [-0.2, 0) is 7.05 Å². The van der Waals surface area contributed by atoms with Crippen LogP contribution >= 0.6 is 0 Å². The van der Waals surface area contributed by atoms with Crippen LogP contribution in [0.5, 0.6) is 0 Å². The Morgan fingerprint density at radius 3 is 2.90 bits per heavy atom. The van der Waals surface area contributed by atoms with Crippen LogP contribution in [0.1, 0.15) is 18.5 Å². The summed E-state index contributed by atoms with van der Waals surface area (Å²) in [7, 11) is 4.08. The van der Waals surface area contributed by atoms with Crippen LogP contribution in [0.25, 0.3) is 11.3 Å². The van der Waals surface area contributed by atoms with E-state index in [0.29, 0.717) is 12.0 Å². The van der Waals surface area contributed by atoms with E-state index in [0.717, 1.165) is 23.5 Å². The second-order valence-electron chi connectivity index (χ2n) is 5.81. The van der Waals surface area contributed by atoms with Gasteiger partial charge in [0, 0.05) is 37.6 Å². The number of hydrogen-bond acceptors (Lipinski definition) is 5. The Bertz CT molecular complexity index is 620. The van der Waals surface area contributed by atoms with Crippen molar-refractivity contribution in [3.63, 3.8) is 0 Å². The number of likely N-dealkylation sites (tertiary alicyclic amines) is 1. The van der Waals surface area contributed by atoms with E-state index in [-0.39, 0.29) is 0 Å². The van der Waals surface area contributed by atoms with Crippen molar-refractivity contribution < 1.29 is 0 Å². The van der Waals surface area contributed by atoms with Crippen LogP contribution in [0.3, 0.4) is 0 Å². The van der Waals surface area contributed by atoms with Gasteiger partial charge in [-0.2, -0.15) is 5.10 Å². The monoisotopic (exact) mass is 286 g/mol. The molecule has 2 aromatic rings. The number of piperidine rings is 1. The molecular weight excluding hydrogens is 264 g/mol. The zero-order valence-corrected chi connectivity index (χ0v) is 12.9. The summed E-state index contributed by atoms with van der Waals surface area (Å²) in [4.78, 5) is 11.3. The van der Waals surface area contributed by atoms with Crippen molar-refractivity contribution in [1.82, 2.24) is 24.6 Å². The van der Waals surface area contributed by atoms with Crippen LogP contribution < -0.4 is 5.32 Å². The second kappa shape index (κ2) is 5.81. The molecule has 1 unspecified atom stereocenters. The molecule has 0 saturated carbocycles. The van der Waals surface area contributed by atoms with Crippen molar-refractivity contribution in [2.75, 3.05) is 25.5 Å². The molecule has 1 aliphatic heterocycles. The van der Waals surface area contributed by atoms with Crippen molar-refractivity contribution in [1.29, 1.82) is 0 Å². The smallest absolute Gasteiger partial charge is 0.223 e. The standard InChI is InChI=1S/C15H22N6/c1-11-13(10-21(3)19-11)14-6-7-16-15(18-14)17-12-5-4-8-20(2)9-12/h6-7,10,12H,4-5,8-9H2,1-3H3,(H,16,17,18). The number of aromatic nitrogens is 4. The maximum atomic E-state index is 4.64. The minimum atomic E-state index is 0.425. The zero-order chi connectivity index (χ0) is 14.8. The normalized spacial score (nSPS) is 19.7. The average Bonchev–Trinajstić information content (AvgIpc) is 2.78. The zero-order valence-electron chi connectivity index (χ0n) is 12.9. The molecule has 0 bridgehead atoms. The molecule has 6 nitrogen and oxygen atoms in total. The molecule has 0 amide bonds. The first-order valence-electron chi connectivity index (χ1n) is 7.40. The van der Waals surface area contributed by atoms with Gasteiger partial charge in [-0.25, -0.2) is 9.97 Å². The first-order valence-corrected chi connectivity index (χ1v) is 7.40. The largest absolute Gasteiger partial charge is 0.350 e. The number of aryl methyl sites for hydroxylation is 2. The van der Waals surface area contributed by atoms with Gasteiger partial charge in [0.15, 0.2) is 0 Å². The lowest BCUT2D eigenvalue weighted by Crippen LogP contribution is -2.40. The summed E-state index contributed by atoms with van der Waals surface area (Å²) in [6, 6.07) is 2.36. The molecule has 0 spiro atoms.